The molecule has 18 heavy (non-hydrogen) atoms. The summed E-state index contributed by atoms with van der Waals surface area (Å²) in [6.07, 6.45) is 4.82. The average Bonchev–Trinajstić information content (AvgIpc) is 3.05. The van der Waals surface area contributed by atoms with Crippen LogP contribution in [0.2, 0.25) is 0 Å². The van der Waals surface area contributed by atoms with Gasteiger partial charge in [0.1, 0.15) is 6.04 Å². The third-order valence-electron chi connectivity index (χ3n) is 3.50. The van der Waals surface area contributed by atoms with E-state index in [1.54, 1.807) is 0 Å². The zero-order valence-corrected chi connectivity index (χ0v) is 11.4. The lowest BCUT2D eigenvalue weighted by molar-refractivity contribution is -0.141. The topological polar surface area (TPSA) is 69.6 Å². The third-order valence-corrected chi connectivity index (χ3v) is 4.72. The van der Waals surface area contributed by atoms with Crippen LogP contribution in [-0.2, 0) is 4.79 Å². The summed E-state index contributed by atoms with van der Waals surface area (Å²) in [7, 11) is 0. The quantitative estimate of drug-likeness (QED) is 0.748. The van der Waals surface area contributed by atoms with Crippen molar-refractivity contribution < 1.29 is 14.7 Å². The molecule has 1 saturated heterocycles. The van der Waals surface area contributed by atoms with Gasteiger partial charge in [-0.05, 0) is 25.7 Å². The molecule has 6 heteroatoms. The number of nitrogens with one attached hydrogen (secondary N) is 1. The lowest BCUT2D eigenvalue weighted by atomic mass is 10.2. The Morgan fingerprint density at radius 1 is 1.44 bits per heavy atom. The molecule has 1 aliphatic heterocycles. The Morgan fingerprint density at radius 2 is 2.17 bits per heavy atom. The number of thioether (sulfide) groups is 1. The number of nitrogens with zero attached hydrogens (tertiary/aromatic N) is 1. The maximum atomic E-state index is 12.0. The molecule has 0 aromatic carbocycles. The standard InChI is InChI=1S/C12H20N2O3S/c1-8-14(10(7-18-8)11(15)16)12(17)13-6-2-3-9-4-5-9/h8-10H,2-7H2,1H3,(H,13,17)(H,15,16). The molecule has 102 valence electrons. The Balaban J connectivity index is 1.76. The number of urea groups is 1. The molecule has 0 aromatic rings. The van der Waals surface area contributed by atoms with Crippen molar-refractivity contribution in [1.29, 1.82) is 0 Å². The second-order valence-corrected chi connectivity index (χ2v) is 6.36. The average molecular weight is 272 g/mol. The smallest absolute Gasteiger partial charge is 0.327 e. The van der Waals surface area contributed by atoms with Crippen molar-refractivity contribution in [3.63, 3.8) is 0 Å². The summed E-state index contributed by atoms with van der Waals surface area (Å²) < 4.78 is 0. The minimum atomic E-state index is -0.917. The fourth-order valence-corrected chi connectivity index (χ4v) is 3.39. The molecule has 1 aliphatic carbocycles. The number of carboxylic acid groups (broad SMARTS) is 1. The summed E-state index contributed by atoms with van der Waals surface area (Å²) >= 11 is 1.51. The highest BCUT2D eigenvalue weighted by Crippen LogP contribution is 2.33. The van der Waals surface area contributed by atoms with Crippen LogP contribution in [0.15, 0.2) is 0 Å². The molecule has 2 fully saturated rings. The second-order valence-electron chi connectivity index (χ2n) is 5.01. The molecule has 1 heterocycles. The molecule has 5 nitrogen and oxygen atoms in total. The summed E-state index contributed by atoms with van der Waals surface area (Å²) in [6, 6.07) is -0.927. The van der Waals surface area contributed by atoms with E-state index in [-0.39, 0.29) is 11.4 Å². The first-order valence-corrected chi connectivity index (χ1v) is 7.55. The highest BCUT2D eigenvalue weighted by Gasteiger charge is 2.39. The zero-order valence-electron chi connectivity index (χ0n) is 10.6. The predicted octanol–water partition coefficient (Wildman–Crippen LogP) is 1.73. The van der Waals surface area contributed by atoms with Crippen molar-refractivity contribution in [2.45, 2.75) is 44.0 Å². The van der Waals surface area contributed by atoms with E-state index in [1.165, 1.54) is 35.9 Å². The van der Waals surface area contributed by atoms with Crippen LogP contribution in [-0.4, -0.2) is 45.7 Å². The van der Waals surface area contributed by atoms with Crippen molar-refractivity contribution >= 4 is 23.8 Å². The maximum Gasteiger partial charge on any atom is 0.327 e. The van der Waals surface area contributed by atoms with Gasteiger partial charge in [-0.25, -0.2) is 9.59 Å². The molecule has 1 saturated carbocycles. The molecule has 2 aliphatic rings. The van der Waals surface area contributed by atoms with Gasteiger partial charge in [0.25, 0.3) is 0 Å². The number of hydrogen-bond donors (Lipinski definition) is 2. The van der Waals surface area contributed by atoms with Gasteiger partial charge in [-0.15, -0.1) is 11.8 Å². The maximum absolute atomic E-state index is 12.0. The molecule has 2 rings (SSSR count). The number of hydrogen-bond acceptors (Lipinski definition) is 3. The number of rotatable bonds is 5. The Hall–Kier alpha value is -0.910. The first-order chi connectivity index (χ1) is 8.59. The fraction of sp³-hybridized carbons (Fsp3) is 0.833. The molecular formula is C12H20N2O3S. The first kappa shape index (κ1) is 13.5. The largest absolute Gasteiger partial charge is 0.480 e. The van der Waals surface area contributed by atoms with E-state index in [0.29, 0.717) is 12.3 Å². The van der Waals surface area contributed by atoms with Crippen LogP contribution in [0.1, 0.15) is 32.6 Å². The van der Waals surface area contributed by atoms with E-state index in [1.807, 2.05) is 6.92 Å². The van der Waals surface area contributed by atoms with E-state index in [9.17, 15) is 9.59 Å². The van der Waals surface area contributed by atoms with Gasteiger partial charge in [0.05, 0.1) is 5.37 Å². The molecule has 2 atom stereocenters. The van der Waals surface area contributed by atoms with Crippen LogP contribution >= 0.6 is 11.8 Å². The Bertz CT molecular complexity index is 333. The van der Waals surface area contributed by atoms with Gasteiger partial charge in [0.2, 0.25) is 0 Å². The number of aliphatic carboxylic acids is 1. The van der Waals surface area contributed by atoms with Crippen molar-refractivity contribution in [3.8, 4) is 0 Å². The van der Waals surface area contributed by atoms with E-state index >= 15 is 0 Å². The van der Waals surface area contributed by atoms with Gasteiger partial charge in [-0.1, -0.05) is 12.8 Å². The molecule has 0 aromatic heterocycles. The minimum Gasteiger partial charge on any atom is -0.480 e. The summed E-state index contributed by atoms with van der Waals surface area (Å²) in [4.78, 5) is 24.5. The molecule has 2 N–H and O–H groups in total. The number of carbonyl (C=O) groups is 2. The van der Waals surface area contributed by atoms with Crippen LogP contribution in [0.4, 0.5) is 4.79 Å². The Kier molecular flexibility index (Phi) is 4.37. The second kappa shape index (κ2) is 5.82. The molecular weight excluding hydrogens is 252 g/mol. The highest BCUT2D eigenvalue weighted by molar-refractivity contribution is 8.00. The minimum absolute atomic E-state index is 0.0606. The Morgan fingerprint density at radius 3 is 2.78 bits per heavy atom. The number of carboxylic acids is 1. The lowest BCUT2D eigenvalue weighted by Gasteiger charge is -2.25. The van der Waals surface area contributed by atoms with E-state index < -0.39 is 12.0 Å². The van der Waals surface area contributed by atoms with Gasteiger partial charge >= 0.3 is 12.0 Å². The van der Waals surface area contributed by atoms with Crippen molar-refractivity contribution in [1.82, 2.24) is 10.2 Å². The van der Waals surface area contributed by atoms with Gasteiger partial charge in [0.15, 0.2) is 0 Å². The van der Waals surface area contributed by atoms with E-state index in [2.05, 4.69) is 5.32 Å². The van der Waals surface area contributed by atoms with E-state index in [4.69, 9.17) is 5.11 Å². The van der Waals surface area contributed by atoms with Crippen molar-refractivity contribution in [2.24, 2.45) is 5.92 Å². The predicted molar refractivity (Wildman–Crippen MR) is 70.5 cm³/mol. The number of carbonyl (C=O) groups excluding carboxylic acids is 1. The first-order valence-electron chi connectivity index (χ1n) is 6.50. The van der Waals surface area contributed by atoms with Crippen molar-refractivity contribution in [3.05, 3.63) is 0 Å². The molecule has 0 radical (unpaired) electrons. The zero-order chi connectivity index (χ0) is 13.1. The third kappa shape index (κ3) is 3.31. The normalized spacial score (nSPS) is 27.3. The molecule has 2 unspecified atom stereocenters. The number of amides is 2. The SMILES string of the molecule is CC1SCC(C(=O)O)N1C(=O)NCCCC1CC1. The van der Waals surface area contributed by atoms with E-state index in [0.717, 1.165) is 12.3 Å². The monoisotopic (exact) mass is 272 g/mol. The van der Waals surface area contributed by atoms with Crippen LogP contribution in [0.5, 0.6) is 0 Å². The molecule has 0 spiro atoms. The van der Waals surface area contributed by atoms with Crippen LogP contribution in [0.3, 0.4) is 0 Å². The fourth-order valence-electron chi connectivity index (χ4n) is 2.23. The van der Waals surface area contributed by atoms with Gasteiger partial charge < -0.3 is 10.4 Å². The van der Waals surface area contributed by atoms with Crippen LogP contribution in [0.25, 0.3) is 0 Å². The molecule has 2 amide bonds. The summed E-state index contributed by atoms with van der Waals surface area (Å²) in [5.74, 6) is 0.432. The summed E-state index contributed by atoms with van der Waals surface area (Å²) in [5, 5.41) is 11.8. The highest BCUT2D eigenvalue weighted by atomic mass is 32.2. The van der Waals surface area contributed by atoms with Gasteiger partial charge in [0, 0.05) is 12.3 Å². The van der Waals surface area contributed by atoms with Crippen LogP contribution < -0.4 is 5.32 Å². The summed E-state index contributed by atoms with van der Waals surface area (Å²) in [6.45, 7) is 2.52. The van der Waals surface area contributed by atoms with Crippen molar-refractivity contribution in [2.75, 3.05) is 12.3 Å². The lowest BCUT2D eigenvalue weighted by Crippen LogP contribution is -2.49. The summed E-state index contributed by atoms with van der Waals surface area (Å²) in [5.41, 5.74) is 0. The molecule has 0 bridgehead atoms. The van der Waals surface area contributed by atoms with Gasteiger partial charge in [-0.2, -0.15) is 0 Å². The Labute approximate surface area is 111 Å². The van der Waals surface area contributed by atoms with Crippen LogP contribution in [0, 0.1) is 5.92 Å². The van der Waals surface area contributed by atoms with Gasteiger partial charge in [-0.3, -0.25) is 4.90 Å².